The highest BCUT2D eigenvalue weighted by molar-refractivity contribution is 6.29. The van der Waals surface area contributed by atoms with Crippen LogP contribution in [0, 0.1) is 0 Å². The SMILES string of the molecule is CCOC(=O)c1c[nH]c2ccc(Cl)nc12. The fourth-order valence-corrected chi connectivity index (χ4v) is 1.49. The van der Waals surface area contributed by atoms with Gasteiger partial charge in [-0.25, -0.2) is 9.78 Å². The Morgan fingerprint density at radius 3 is 3.13 bits per heavy atom. The third-order valence-electron chi connectivity index (χ3n) is 1.98. The summed E-state index contributed by atoms with van der Waals surface area (Å²) in [6, 6.07) is 3.43. The van der Waals surface area contributed by atoms with Crippen molar-refractivity contribution in [3.8, 4) is 0 Å². The number of pyridine rings is 1. The highest BCUT2D eigenvalue weighted by Gasteiger charge is 2.14. The van der Waals surface area contributed by atoms with Gasteiger partial charge in [-0.1, -0.05) is 11.6 Å². The van der Waals surface area contributed by atoms with Crippen LogP contribution >= 0.6 is 11.6 Å². The molecule has 0 aliphatic rings. The number of H-pyrrole nitrogens is 1. The third kappa shape index (κ3) is 1.80. The summed E-state index contributed by atoms with van der Waals surface area (Å²) in [6.45, 7) is 2.10. The Morgan fingerprint density at radius 1 is 1.60 bits per heavy atom. The zero-order valence-electron chi connectivity index (χ0n) is 8.08. The molecule has 2 aromatic rings. The van der Waals surface area contributed by atoms with Crippen LogP contribution in [0.5, 0.6) is 0 Å². The van der Waals surface area contributed by atoms with Gasteiger partial charge in [-0.15, -0.1) is 0 Å². The summed E-state index contributed by atoms with van der Waals surface area (Å²) in [5.41, 5.74) is 1.72. The lowest BCUT2D eigenvalue weighted by Crippen LogP contribution is -2.03. The minimum atomic E-state index is -0.390. The molecule has 0 aliphatic carbocycles. The van der Waals surface area contributed by atoms with Gasteiger partial charge < -0.3 is 9.72 Å². The van der Waals surface area contributed by atoms with E-state index in [0.717, 1.165) is 5.52 Å². The van der Waals surface area contributed by atoms with Gasteiger partial charge in [0, 0.05) is 6.20 Å². The van der Waals surface area contributed by atoms with E-state index in [-0.39, 0.29) is 0 Å². The van der Waals surface area contributed by atoms with Crippen LogP contribution in [0.2, 0.25) is 5.15 Å². The minimum absolute atomic E-state index is 0.339. The number of aromatic nitrogens is 2. The number of nitrogens with one attached hydrogen (secondary N) is 1. The van der Waals surface area contributed by atoms with Crippen molar-refractivity contribution in [3.63, 3.8) is 0 Å². The van der Waals surface area contributed by atoms with Crippen LogP contribution in [-0.2, 0) is 4.74 Å². The molecule has 0 aromatic carbocycles. The average molecular weight is 225 g/mol. The maximum Gasteiger partial charge on any atom is 0.341 e. The Kier molecular flexibility index (Phi) is 2.60. The molecule has 5 heteroatoms. The number of hydrogen-bond acceptors (Lipinski definition) is 3. The minimum Gasteiger partial charge on any atom is -0.462 e. The molecule has 4 nitrogen and oxygen atoms in total. The molecule has 0 fully saturated rings. The molecule has 15 heavy (non-hydrogen) atoms. The number of nitrogens with zero attached hydrogens (tertiary/aromatic N) is 1. The van der Waals surface area contributed by atoms with Crippen LogP contribution in [0.1, 0.15) is 17.3 Å². The summed E-state index contributed by atoms with van der Waals surface area (Å²) in [7, 11) is 0. The molecule has 0 spiro atoms. The van der Waals surface area contributed by atoms with Crippen LogP contribution in [0.25, 0.3) is 11.0 Å². The molecule has 0 radical (unpaired) electrons. The van der Waals surface area contributed by atoms with Gasteiger partial charge in [0.1, 0.15) is 16.2 Å². The number of esters is 1. The van der Waals surface area contributed by atoms with E-state index in [1.165, 1.54) is 0 Å². The lowest BCUT2D eigenvalue weighted by atomic mass is 10.3. The van der Waals surface area contributed by atoms with Crippen LogP contribution in [-0.4, -0.2) is 22.5 Å². The first-order valence-corrected chi connectivity index (χ1v) is 4.91. The Hall–Kier alpha value is -1.55. The summed E-state index contributed by atoms with van der Waals surface area (Å²) in [4.78, 5) is 18.5. The summed E-state index contributed by atoms with van der Waals surface area (Å²) >= 11 is 5.75. The second kappa shape index (κ2) is 3.90. The Balaban J connectivity index is 2.52. The van der Waals surface area contributed by atoms with E-state index < -0.39 is 5.97 Å². The zero-order valence-corrected chi connectivity index (χ0v) is 8.84. The topological polar surface area (TPSA) is 55.0 Å². The predicted molar refractivity (Wildman–Crippen MR) is 57.1 cm³/mol. The number of fused-ring (bicyclic) bond motifs is 1. The maximum absolute atomic E-state index is 11.5. The number of hydrogen-bond donors (Lipinski definition) is 1. The number of carbonyl (C=O) groups excluding carboxylic acids is 1. The van der Waals surface area contributed by atoms with Crippen molar-refractivity contribution in [1.82, 2.24) is 9.97 Å². The standard InChI is InChI=1S/C10H9ClN2O2/c1-2-15-10(14)6-5-12-7-3-4-8(11)13-9(6)7/h3-5,12H,2H2,1H3. The van der Waals surface area contributed by atoms with E-state index in [2.05, 4.69) is 9.97 Å². The summed E-state index contributed by atoms with van der Waals surface area (Å²) in [5.74, 6) is -0.390. The lowest BCUT2D eigenvalue weighted by Gasteiger charge is -1.98. The Labute approximate surface area is 91.2 Å². The molecule has 2 rings (SSSR count). The molecule has 2 aromatic heterocycles. The van der Waals surface area contributed by atoms with E-state index in [9.17, 15) is 4.79 Å². The van der Waals surface area contributed by atoms with Gasteiger partial charge in [0.2, 0.25) is 0 Å². The van der Waals surface area contributed by atoms with Gasteiger partial charge >= 0.3 is 5.97 Å². The molecular weight excluding hydrogens is 216 g/mol. The van der Waals surface area contributed by atoms with E-state index in [4.69, 9.17) is 16.3 Å². The predicted octanol–water partition coefficient (Wildman–Crippen LogP) is 2.39. The van der Waals surface area contributed by atoms with Gasteiger partial charge in [0.25, 0.3) is 0 Å². The molecule has 0 aliphatic heterocycles. The van der Waals surface area contributed by atoms with Crippen LogP contribution in [0.15, 0.2) is 18.3 Å². The van der Waals surface area contributed by atoms with E-state index in [1.54, 1.807) is 25.3 Å². The quantitative estimate of drug-likeness (QED) is 0.630. The van der Waals surface area contributed by atoms with Gasteiger partial charge in [-0.3, -0.25) is 0 Å². The van der Waals surface area contributed by atoms with Crippen molar-refractivity contribution in [2.24, 2.45) is 0 Å². The molecule has 0 amide bonds. The van der Waals surface area contributed by atoms with E-state index >= 15 is 0 Å². The molecule has 0 saturated heterocycles. The van der Waals surface area contributed by atoms with E-state index in [0.29, 0.717) is 22.8 Å². The third-order valence-corrected chi connectivity index (χ3v) is 2.19. The maximum atomic E-state index is 11.5. The van der Waals surface area contributed by atoms with Crippen LogP contribution in [0.3, 0.4) is 0 Å². The highest BCUT2D eigenvalue weighted by Crippen LogP contribution is 2.19. The second-order valence-electron chi connectivity index (χ2n) is 2.95. The van der Waals surface area contributed by atoms with Crippen molar-refractivity contribution in [3.05, 3.63) is 29.0 Å². The smallest absolute Gasteiger partial charge is 0.341 e. The highest BCUT2D eigenvalue weighted by atomic mass is 35.5. The van der Waals surface area contributed by atoms with Gasteiger partial charge in [0.15, 0.2) is 0 Å². The molecule has 0 bridgehead atoms. The molecule has 2 heterocycles. The molecular formula is C10H9ClN2O2. The van der Waals surface area contributed by atoms with Crippen LogP contribution in [0.4, 0.5) is 0 Å². The fourth-order valence-electron chi connectivity index (χ4n) is 1.34. The first-order valence-electron chi connectivity index (χ1n) is 4.53. The number of aromatic amines is 1. The monoisotopic (exact) mass is 224 g/mol. The van der Waals surface area contributed by atoms with Gasteiger partial charge in [-0.05, 0) is 19.1 Å². The van der Waals surface area contributed by atoms with Crippen molar-refractivity contribution in [1.29, 1.82) is 0 Å². The molecule has 78 valence electrons. The largest absolute Gasteiger partial charge is 0.462 e. The first kappa shape index (κ1) is 9.98. The van der Waals surface area contributed by atoms with E-state index in [1.807, 2.05) is 0 Å². The molecule has 0 saturated carbocycles. The van der Waals surface area contributed by atoms with Crippen LogP contribution < -0.4 is 0 Å². The van der Waals surface area contributed by atoms with Crippen molar-refractivity contribution in [2.75, 3.05) is 6.61 Å². The number of halogens is 1. The van der Waals surface area contributed by atoms with Crippen molar-refractivity contribution in [2.45, 2.75) is 6.92 Å². The number of carbonyl (C=O) groups is 1. The Bertz CT molecular complexity index is 507. The van der Waals surface area contributed by atoms with Crippen molar-refractivity contribution >= 4 is 28.6 Å². The molecule has 0 unspecified atom stereocenters. The Morgan fingerprint density at radius 2 is 2.40 bits per heavy atom. The summed E-state index contributed by atoms with van der Waals surface area (Å²) < 4.78 is 4.89. The van der Waals surface area contributed by atoms with Gasteiger partial charge in [-0.2, -0.15) is 0 Å². The second-order valence-corrected chi connectivity index (χ2v) is 3.34. The fraction of sp³-hybridized carbons (Fsp3) is 0.200. The summed E-state index contributed by atoms with van der Waals surface area (Å²) in [5, 5.41) is 0.354. The number of rotatable bonds is 2. The van der Waals surface area contributed by atoms with Gasteiger partial charge in [0.05, 0.1) is 12.1 Å². The number of ether oxygens (including phenoxy) is 1. The normalized spacial score (nSPS) is 10.5. The lowest BCUT2D eigenvalue weighted by molar-refractivity contribution is 0.0528. The molecule has 1 N–H and O–H groups in total. The van der Waals surface area contributed by atoms with Crippen molar-refractivity contribution < 1.29 is 9.53 Å². The first-order chi connectivity index (χ1) is 7.22. The molecule has 0 atom stereocenters. The zero-order chi connectivity index (χ0) is 10.8. The summed E-state index contributed by atoms with van der Waals surface area (Å²) in [6.07, 6.45) is 1.58. The average Bonchev–Trinajstić information content (AvgIpc) is 2.60.